The van der Waals surface area contributed by atoms with Gasteiger partial charge in [-0.3, -0.25) is 14.5 Å². The molecule has 1 aliphatic carbocycles. The second-order valence-electron chi connectivity index (χ2n) is 9.91. The molecule has 6 nitrogen and oxygen atoms in total. The Balaban J connectivity index is 1.33. The minimum absolute atomic E-state index is 0.0801. The Morgan fingerprint density at radius 2 is 1.78 bits per heavy atom. The Hall–Kier alpha value is -2.64. The summed E-state index contributed by atoms with van der Waals surface area (Å²) in [7, 11) is 1.68. The molecule has 2 fully saturated rings. The Labute approximate surface area is 229 Å². The molecular formula is C30H38BrN3O3. The fourth-order valence-corrected chi connectivity index (χ4v) is 5.65. The van der Waals surface area contributed by atoms with Crippen LogP contribution in [-0.4, -0.2) is 79.4 Å². The maximum absolute atomic E-state index is 13.5. The van der Waals surface area contributed by atoms with Crippen molar-refractivity contribution in [3.8, 4) is 5.75 Å². The van der Waals surface area contributed by atoms with Crippen molar-refractivity contribution in [3.05, 3.63) is 70.2 Å². The fraction of sp³-hybridized carbons (Fsp3) is 0.467. The van der Waals surface area contributed by atoms with Gasteiger partial charge >= 0.3 is 0 Å². The van der Waals surface area contributed by atoms with Crippen molar-refractivity contribution >= 4 is 33.8 Å². The topological polar surface area (TPSA) is 53.1 Å². The molecule has 1 heterocycles. The molecule has 0 spiro atoms. The molecule has 4 rings (SSSR count). The lowest BCUT2D eigenvalue weighted by atomic mass is 9.88. The zero-order valence-electron chi connectivity index (χ0n) is 21.8. The summed E-state index contributed by atoms with van der Waals surface area (Å²) in [4.78, 5) is 32.7. The molecule has 0 aromatic heterocycles. The zero-order valence-corrected chi connectivity index (χ0v) is 23.4. The highest BCUT2D eigenvalue weighted by Crippen LogP contribution is 2.26. The maximum atomic E-state index is 13.5. The van der Waals surface area contributed by atoms with Gasteiger partial charge in [0.2, 0.25) is 5.91 Å². The zero-order chi connectivity index (χ0) is 26.0. The summed E-state index contributed by atoms with van der Waals surface area (Å²) in [5, 5.41) is 0. The van der Waals surface area contributed by atoms with Gasteiger partial charge in [0, 0.05) is 67.3 Å². The summed E-state index contributed by atoms with van der Waals surface area (Å²) in [6.07, 6.45) is 9.66. The highest BCUT2D eigenvalue weighted by molar-refractivity contribution is 9.10. The number of methoxy groups -OCH3 is 1. The van der Waals surface area contributed by atoms with Gasteiger partial charge in [0.1, 0.15) is 5.75 Å². The highest BCUT2D eigenvalue weighted by Gasteiger charge is 2.27. The van der Waals surface area contributed by atoms with E-state index in [0.717, 1.165) is 61.1 Å². The van der Waals surface area contributed by atoms with Crippen LogP contribution in [0.15, 0.2) is 59.1 Å². The molecule has 2 aromatic rings. The molecule has 1 saturated carbocycles. The van der Waals surface area contributed by atoms with E-state index in [1.807, 2.05) is 64.4 Å². The first kappa shape index (κ1) is 27.4. The average Bonchev–Trinajstić information content (AvgIpc) is 2.95. The quantitative estimate of drug-likeness (QED) is 0.410. The SMILES string of the molecule is COc1ccccc1/C=C/CN(CCN1CCN(C(=O)c2cccc(Br)c2)CC1)C(=O)C1CCCCC1. The number of piperazine rings is 1. The van der Waals surface area contributed by atoms with Gasteiger partial charge in [-0.2, -0.15) is 0 Å². The van der Waals surface area contributed by atoms with Gasteiger partial charge in [-0.05, 0) is 37.1 Å². The Morgan fingerprint density at radius 1 is 1.03 bits per heavy atom. The Morgan fingerprint density at radius 3 is 2.51 bits per heavy atom. The number of benzene rings is 2. The van der Waals surface area contributed by atoms with Crippen LogP contribution in [0.25, 0.3) is 6.08 Å². The monoisotopic (exact) mass is 567 g/mol. The Bertz CT molecular complexity index is 1080. The van der Waals surface area contributed by atoms with Crippen LogP contribution in [-0.2, 0) is 4.79 Å². The molecule has 1 aliphatic heterocycles. The van der Waals surface area contributed by atoms with E-state index in [2.05, 4.69) is 26.9 Å². The first-order valence-corrected chi connectivity index (χ1v) is 14.2. The van der Waals surface area contributed by atoms with Gasteiger partial charge in [0.15, 0.2) is 0 Å². The summed E-state index contributed by atoms with van der Waals surface area (Å²) < 4.78 is 6.38. The first-order valence-electron chi connectivity index (χ1n) is 13.4. The number of carbonyl (C=O) groups is 2. The lowest BCUT2D eigenvalue weighted by molar-refractivity contribution is -0.136. The van der Waals surface area contributed by atoms with Crippen molar-refractivity contribution in [2.45, 2.75) is 32.1 Å². The van der Waals surface area contributed by atoms with E-state index in [1.165, 1.54) is 6.42 Å². The van der Waals surface area contributed by atoms with E-state index < -0.39 is 0 Å². The molecule has 2 aliphatic rings. The predicted octanol–water partition coefficient (Wildman–Crippen LogP) is 5.34. The van der Waals surface area contributed by atoms with Gasteiger partial charge < -0.3 is 14.5 Å². The van der Waals surface area contributed by atoms with Crippen molar-refractivity contribution in [2.75, 3.05) is 52.9 Å². The molecule has 0 unspecified atom stereocenters. The number of halogens is 1. The largest absolute Gasteiger partial charge is 0.496 e. The summed E-state index contributed by atoms with van der Waals surface area (Å²) in [5.74, 6) is 1.34. The number of hydrogen-bond donors (Lipinski definition) is 0. The molecule has 37 heavy (non-hydrogen) atoms. The number of para-hydroxylation sites is 1. The molecule has 2 amide bonds. The lowest BCUT2D eigenvalue weighted by Crippen LogP contribution is -2.51. The van der Waals surface area contributed by atoms with Crippen LogP contribution in [0.3, 0.4) is 0 Å². The molecule has 0 radical (unpaired) electrons. The van der Waals surface area contributed by atoms with E-state index in [9.17, 15) is 9.59 Å². The minimum atomic E-state index is 0.0801. The third-order valence-corrected chi connectivity index (χ3v) is 7.94. The lowest BCUT2D eigenvalue weighted by Gasteiger charge is -2.36. The van der Waals surface area contributed by atoms with Gasteiger partial charge in [-0.25, -0.2) is 0 Å². The van der Waals surface area contributed by atoms with Crippen LogP contribution in [0.2, 0.25) is 0 Å². The van der Waals surface area contributed by atoms with Crippen LogP contribution in [0.1, 0.15) is 48.0 Å². The molecule has 198 valence electrons. The van der Waals surface area contributed by atoms with Gasteiger partial charge in [0.05, 0.1) is 7.11 Å². The van der Waals surface area contributed by atoms with Crippen molar-refractivity contribution in [3.63, 3.8) is 0 Å². The summed E-state index contributed by atoms with van der Waals surface area (Å²) in [5.41, 5.74) is 1.73. The van der Waals surface area contributed by atoms with Crippen LogP contribution in [0, 0.1) is 5.92 Å². The van der Waals surface area contributed by atoms with Crippen molar-refractivity contribution in [1.29, 1.82) is 0 Å². The van der Waals surface area contributed by atoms with Gasteiger partial charge in [0.25, 0.3) is 5.91 Å². The third-order valence-electron chi connectivity index (χ3n) is 7.45. The average molecular weight is 569 g/mol. The molecule has 7 heteroatoms. The predicted molar refractivity (Wildman–Crippen MR) is 152 cm³/mol. The Kier molecular flexibility index (Phi) is 10.2. The number of carbonyl (C=O) groups excluding carboxylic acids is 2. The summed E-state index contributed by atoms with van der Waals surface area (Å²) in [6.45, 7) is 5.16. The number of nitrogens with zero attached hydrogens (tertiary/aromatic N) is 3. The summed E-state index contributed by atoms with van der Waals surface area (Å²) >= 11 is 3.45. The molecule has 1 saturated heterocycles. The second-order valence-corrected chi connectivity index (χ2v) is 10.8. The molecule has 0 N–H and O–H groups in total. The van der Waals surface area contributed by atoms with Gasteiger partial charge in [-0.1, -0.05) is 71.6 Å². The molecule has 2 aromatic carbocycles. The van der Waals surface area contributed by atoms with Crippen LogP contribution >= 0.6 is 15.9 Å². The van der Waals surface area contributed by atoms with Crippen molar-refractivity contribution in [1.82, 2.24) is 14.7 Å². The van der Waals surface area contributed by atoms with Crippen LogP contribution in [0.4, 0.5) is 0 Å². The number of ether oxygens (including phenoxy) is 1. The summed E-state index contributed by atoms with van der Waals surface area (Å²) in [6, 6.07) is 15.5. The number of rotatable bonds is 9. The fourth-order valence-electron chi connectivity index (χ4n) is 5.25. The number of hydrogen-bond acceptors (Lipinski definition) is 4. The standard InChI is InChI=1S/C30H38BrN3O3/c1-37-28-15-6-5-9-24(28)13-8-16-33(29(35)25-10-3-2-4-11-25)20-17-32-18-21-34(22-19-32)30(36)26-12-7-14-27(31)23-26/h5-9,12-15,23,25H,2-4,10-11,16-22H2,1H3/b13-8+. The molecular weight excluding hydrogens is 530 g/mol. The first-order chi connectivity index (χ1) is 18.0. The van der Waals surface area contributed by atoms with Crippen molar-refractivity contribution < 1.29 is 14.3 Å². The third kappa shape index (κ3) is 7.68. The smallest absolute Gasteiger partial charge is 0.253 e. The van der Waals surface area contributed by atoms with E-state index in [1.54, 1.807) is 7.11 Å². The van der Waals surface area contributed by atoms with E-state index in [-0.39, 0.29) is 17.7 Å². The van der Waals surface area contributed by atoms with Crippen LogP contribution in [0.5, 0.6) is 5.75 Å². The highest BCUT2D eigenvalue weighted by atomic mass is 79.9. The van der Waals surface area contributed by atoms with E-state index in [0.29, 0.717) is 31.7 Å². The normalized spacial score (nSPS) is 17.2. The van der Waals surface area contributed by atoms with Crippen molar-refractivity contribution in [2.24, 2.45) is 5.92 Å². The number of amides is 2. The van der Waals surface area contributed by atoms with E-state index in [4.69, 9.17) is 4.74 Å². The van der Waals surface area contributed by atoms with E-state index >= 15 is 0 Å². The van der Waals surface area contributed by atoms with Crippen LogP contribution < -0.4 is 4.74 Å². The minimum Gasteiger partial charge on any atom is -0.496 e. The molecule has 0 bridgehead atoms. The maximum Gasteiger partial charge on any atom is 0.253 e. The second kappa shape index (κ2) is 13.8. The van der Waals surface area contributed by atoms with Gasteiger partial charge in [-0.15, -0.1) is 0 Å². The molecule has 0 atom stereocenters.